The summed E-state index contributed by atoms with van der Waals surface area (Å²) in [5.74, 6) is -1.33. The van der Waals surface area contributed by atoms with E-state index in [2.05, 4.69) is 10.3 Å². The molecule has 118 valence electrons. The molecular formula is C14H18N4O3S. The number of aryl methyl sites for hydroxylation is 1. The standard InChI is InChI=1S/C14H18N4O3S/c1-8-16-9(7-22-8)6-17(2)13(20)14(21)18-10-3-4-11(18)12(19)15-5-10/h7,10-11H,3-6H2,1-2H3,(H,15,19). The molecule has 1 aromatic heterocycles. The molecule has 3 rings (SSSR count). The number of likely N-dealkylation sites (N-methyl/N-ethyl adjacent to an activating group) is 1. The van der Waals surface area contributed by atoms with E-state index in [1.54, 1.807) is 7.05 Å². The van der Waals surface area contributed by atoms with Gasteiger partial charge in [-0.25, -0.2) is 4.98 Å². The van der Waals surface area contributed by atoms with Crippen LogP contribution in [0.3, 0.4) is 0 Å². The molecule has 0 saturated carbocycles. The summed E-state index contributed by atoms with van der Waals surface area (Å²) in [6.07, 6.45) is 1.39. The van der Waals surface area contributed by atoms with Gasteiger partial charge in [0.1, 0.15) is 6.04 Å². The Balaban J connectivity index is 1.69. The van der Waals surface area contributed by atoms with Crippen molar-refractivity contribution in [3.8, 4) is 0 Å². The Morgan fingerprint density at radius 3 is 2.95 bits per heavy atom. The van der Waals surface area contributed by atoms with Crippen LogP contribution in [-0.4, -0.2) is 58.2 Å². The molecule has 0 aliphatic carbocycles. The number of carbonyl (C=O) groups is 3. The Labute approximate surface area is 132 Å². The summed E-state index contributed by atoms with van der Waals surface area (Å²) in [6, 6.07) is -0.556. The lowest BCUT2D eigenvalue weighted by atomic mass is 10.2. The van der Waals surface area contributed by atoms with Gasteiger partial charge in [0.2, 0.25) is 5.91 Å². The van der Waals surface area contributed by atoms with Crippen molar-refractivity contribution >= 4 is 29.1 Å². The number of hydrogen-bond acceptors (Lipinski definition) is 5. The first-order valence-corrected chi connectivity index (χ1v) is 8.12. The van der Waals surface area contributed by atoms with Crippen molar-refractivity contribution in [3.05, 3.63) is 16.1 Å². The third-order valence-corrected chi connectivity index (χ3v) is 4.97. The molecule has 7 nitrogen and oxygen atoms in total. The topological polar surface area (TPSA) is 82.6 Å². The number of rotatable bonds is 2. The average Bonchev–Trinajstić information content (AvgIpc) is 3.04. The predicted octanol–water partition coefficient (Wildman–Crippen LogP) is -0.101. The van der Waals surface area contributed by atoms with E-state index < -0.39 is 17.9 Å². The molecule has 2 aliphatic rings. The van der Waals surface area contributed by atoms with Gasteiger partial charge in [-0.15, -0.1) is 11.3 Å². The second-order valence-electron chi connectivity index (χ2n) is 5.72. The molecule has 1 aromatic rings. The lowest BCUT2D eigenvalue weighted by molar-refractivity contribution is -0.156. The van der Waals surface area contributed by atoms with Gasteiger partial charge in [0.15, 0.2) is 0 Å². The van der Waals surface area contributed by atoms with Crippen molar-refractivity contribution in [1.82, 2.24) is 20.1 Å². The number of thiazole rings is 1. The highest BCUT2D eigenvalue weighted by molar-refractivity contribution is 7.09. The summed E-state index contributed by atoms with van der Waals surface area (Å²) < 4.78 is 0. The molecule has 0 spiro atoms. The normalized spacial score (nSPS) is 23.4. The molecule has 1 N–H and O–H groups in total. The molecule has 0 aromatic carbocycles. The first-order valence-electron chi connectivity index (χ1n) is 7.24. The zero-order valence-electron chi connectivity index (χ0n) is 12.5. The Morgan fingerprint density at radius 1 is 1.50 bits per heavy atom. The van der Waals surface area contributed by atoms with E-state index in [4.69, 9.17) is 0 Å². The van der Waals surface area contributed by atoms with Crippen molar-refractivity contribution in [1.29, 1.82) is 0 Å². The van der Waals surface area contributed by atoms with E-state index in [1.165, 1.54) is 21.1 Å². The first-order chi connectivity index (χ1) is 10.5. The number of fused-ring (bicyclic) bond motifs is 2. The number of nitrogens with zero attached hydrogens (tertiary/aromatic N) is 3. The van der Waals surface area contributed by atoms with Crippen LogP contribution < -0.4 is 5.32 Å². The molecule has 2 aliphatic heterocycles. The molecule has 3 heterocycles. The lowest BCUT2D eigenvalue weighted by Gasteiger charge is -2.34. The lowest BCUT2D eigenvalue weighted by Crippen LogP contribution is -2.60. The third kappa shape index (κ3) is 2.58. The maximum atomic E-state index is 12.5. The van der Waals surface area contributed by atoms with E-state index in [9.17, 15) is 14.4 Å². The summed E-state index contributed by atoms with van der Waals surface area (Å²) in [4.78, 5) is 43.8. The Bertz CT molecular complexity index is 629. The summed E-state index contributed by atoms with van der Waals surface area (Å²) in [5.41, 5.74) is 0.769. The molecule has 3 amide bonds. The smallest absolute Gasteiger partial charge is 0.313 e. The summed E-state index contributed by atoms with van der Waals surface area (Å²) in [7, 11) is 1.58. The molecule has 2 bridgehead atoms. The van der Waals surface area contributed by atoms with Crippen molar-refractivity contribution in [2.45, 2.75) is 38.4 Å². The number of carbonyl (C=O) groups excluding carboxylic acids is 3. The zero-order chi connectivity index (χ0) is 15.9. The minimum Gasteiger partial charge on any atom is -0.352 e. The number of hydrogen-bond donors (Lipinski definition) is 1. The largest absolute Gasteiger partial charge is 0.352 e. The van der Waals surface area contributed by atoms with E-state index in [1.807, 2.05) is 12.3 Å². The van der Waals surface area contributed by atoms with E-state index >= 15 is 0 Å². The van der Waals surface area contributed by atoms with Crippen LogP contribution in [0.25, 0.3) is 0 Å². The van der Waals surface area contributed by atoms with Crippen LogP contribution in [0.5, 0.6) is 0 Å². The molecular weight excluding hydrogens is 304 g/mol. The van der Waals surface area contributed by atoms with Gasteiger partial charge >= 0.3 is 11.8 Å². The zero-order valence-corrected chi connectivity index (χ0v) is 13.4. The average molecular weight is 322 g/mol. The van der Waals surface area contributed by atoms with E-state index in [0.717, 1.165) is 17.1 Å². The fraction of sp³-hybridized carbons (Fsp3) is 0.571. The SMILES string of the molecule is Cc1nc(CN(C)C(=O)C(=O)N2C3CCC2C(=O)NC3)cs1. The molecule has 0 radical (unpaired) electrons. The highest BCUT2D eigenvalue weighted by Crippen LogP contribution is 2.27. The molecule has 2 saturated heterocycles. The van der Waals surface area contributed by atoms with Crippen LogP contribution in [0, 0.1) is 6.92 Å². The maximum Gasteiger partial charge on any atom is 0.313 e. The van der Waals surface area contributed by atoms with Crippen LogP contribution in [0.4, 0.5) is 0 Å². The van der Waals surface area contributed by atoms with Gasteiger partial charge < -0.3 is 15.1 Å². The number of piperazine rings is 1. The summed E-state index contributed by atoms with van der Waals surface area (Å²) >= 11 is 1.51. The molecule has 2 atom stereocenters. The van der Waals surface area contributed by atoms with Crippen LogP contribution in [0.15, 0.2) is 5.38 Å². The minimum atomic E-state index is -0.586. The van der Waals surface area contributed by atoms with Gasteiger partial charge in [-0.3, -0.25) is 14.4 Å². The van der Waals surface area contributed by atoms with Crippen LogP contribution >= 0.6 is 11.3 Å². The highest BCUT2D eigenvalue weighted by Gasteiger charge is 2.46. The Kier molecular flexibility index (Phi) is 3.86. The second kappa shape index (κ2) is 5.68. The monoisotopic (exact) mass is 322 g/mol. The van der Waals surface area contributed by atoms with Gasteiger partial charge in [0.25, 0.3) is 0 Å². The van der Waals surface area contributed by atoms with Crippen LogP contribution in [-0.2, 0) is 20.9 Å². The fourth-order valence-electron chi connectivity index (χ4n) is 3.05. The number of amides is 3. The summed E-state index contributed by atoms with van der Waals surface area (Å²) in [5, 5.41) is 5.57. The number of nitrogens with one attached hydrogen (secondary N) is 1. The minimum absolute atomic E-state index is 0.0610. The van der Waals surface area contributed by atoms with Gasteiger partial charge in [0.05, 0.1) is 23.3 Å². The predicted molar refractivity (Wildman–Crippen MR) is 80.0 cm³/mol. The second-order valence-corrected chi connectivity index (χ2v) is 6.79. The molecule has 8 heteroatoms. The summed E-state index contributed by atoms with van der Waals surface area (Å²) in [6.45, 7) is 2.62. The van der Waals surface area contributed by atoms with Gasteiger partial charge in [-0.05, 0) is 19.8 Å². The van der Waals surface area contributed by atoms with E-state index in [0.29, 0.717) is 19.5 Å². The Morgan fingerprint density at radius 2 is 2.27 bits per heavy atom. The van der Waals surface area contributed by atoms with Crippen molar-refractivity contribution in [3.63, 3.8) is 0 Å². The van der Waals surface area contributed by atoms with Crippen LogP contribution in [0.1, 0.15) is 23.5 Å². The third-order valence-electron chi connectivity index (χ3n) is 4.15. The van der Waals surface area contributed by atoms with Crippen molar-refractivity contribution in [2.75, 3.05) is 13.6 Å². The first kappa shape index (κ1) is 15.0. The van der Waals surface area contributed by atoms with Gasteiger partial charge in [0, 0.05) is 19.0 Å². The molecule has 2 fully saturated rings. The van der Waals surface area contributed by atoms with Gasteiger partial charge in [-0.1, -0.05) is 0 Å². The maximum absolute atomic E-state index is 12.5. The van der Waals surface area contributed by atoms with Gasteiger partial charge in [-0.2, -0.15) is 0 Å². The Hall–Kier alpha value is -1.96. The quantitative estimate of drug-likeness (QED) is 0.771. The molecule has 22 heavy (non-hydrogen) atoms. The number of aromatic nitrogens is 1. The fourth-order valence-corrected chi connectivity index (χ4v) is 3.66. The van der Waals surface area contributed by atoms with Crippen LogP contribution in [0.2, 0.25) is 0 Å². The molecule has 2 unspecified atom stereocenters. The van der Waals surface area contributed by atoms with Crippen molar-refractivity contribution < 1.29 is 14.4 Å². The van der Waals surface area contributed by atoms with Crippen molar-refractivity contribution in [2.24, 2.45) is 0 Å². The highest BCUT2D eigenvalue weighted by atomic mass is 32.1. The van der Waals surface area contributed by atoms with E-state index in [-0.39, 0.29) is 11.9 Å².